The fourth-order valence-electron chi connectivity index (χ4n) is 2.13. The van der Waals surface area contributed by atoms with E-state index in [1.807, 2.05) is 14.1 Å². The first-order valence-electron chi connectivity index (χ1n) is 7.80. The highest BCUT2D eigenvalue weighted by Crippen LogP contribution is 2.36. The molecule has 25 heavy (non-hydrogen) atoms. The summed E-state index contributed by atoms with van der Waals surface area (Å²) in [4.78, 5) is 6.53. The van der Waals surface area contributed by atoms with Crippen molar-refractivity contribution in [3.8, 4) is 11.5 Å². The van der Waals surface area contributed by atoms with Crippen LogP contribution in [0, 0.1) is 0 Å². The van der Waals surface area contributed by atoms with Crippen LogP contribution in [0.3, 0.4) is 0 Å². The molecule has 0 aliphatic carbocycles. The second kappa shape index (κ2) is 9.24. The highest BCUT2D eigenvalue weighted by atomic mass is 35.5. The summed E-state index contributed by atoms with van der Waals surface area (Å²) >= 11 is 6.11. The Morgan fingerprint density at radius 1 is 1.16 bits per heavy atom. The summed E-state index contributed by atoms with van der Waals surface area (Å²) in [7, 11) is 7.20. The quantitative estimate of drug-likeness (QED) is 0.655. The van der Waals surface area contributed by atoms with Crippen LogP contribution in [0.5, 0.6) is 11.5 Å². The fourth-order valence-corrected chi connectivity index (χ4v) is 2.36. The maximum absolute atomic E-state index is 6.11. The van der Waals surface area contributed by atoms with Gasteiger partial charge in [-0.1, -0.05) is 11.6 Å². The van der Waals surface area contributed by atoms with Crippen LogP contribution in [0.25, 0.3) is 0 Å². The Hall–Kier alpha value is -2.32. The molecular formula is C16H23ClN6O2. The molecule has 2 aromatic rings. The molecule has 0 saturated heterocycles. The highest BCUT2D eigenvalue weighted by Gasteiger charge is 2.11. The molecule has 0 aliphatic heterocycles. The van der Waals surface area contributed by atoms with Crippen molar-refractivity contribution in [2.45, 2.75) is 6.42 Å². The van der Waals surface area contributed by atoms with Crippen molar-refractivity contribution in [2.24, 2.45) is 0 Å². The van der Waals surface area contributed by atoms with Gasteiger partial charge >= 0.3 is 0 Å². The molecule has 0 atom stereocenters. The van der Waals surface area contributed by atoms with Crippen molar-refractivity contribution < 1.29 is 9.47 Å². The molecule has 1 aromatic carbocycles. The average Bonchev–Trinajstić information content (AvgIpc) is 2.60. The lowest BCUT2D eigenvalue weighted by atomic mass is 10.2. The van der Waals surface area contributed by atoms with E-state index in [4.69, 9.17) is 21.1 Å². The van der Waals surface area contributed by atoms with Crippen LogP contribution < -0.4 is 20.1 Å². The molecule has 0 radical (unpaired) electrons. The van der Waals surface area contributed by atoms with Crippen LogP contribution in [-0.2, 0) is 0 Å². The first-order valence-corrected chi connectivity index (χ1v) is 8.18. The zero-order valence-corrected chi connectivity index (χ0v) is 15.6. The van der Waals surface area contributed by atoms with Crippen LogP contribution in [-0.4, -0.2) is 61.5 Å². The predicted molar refractivity (Wildman–Crippen MR) is 99.3 cm³/mol. The van der Waals surface area contributed by atoms with E-state index >= 15 is 0 Å². The standard InChI is InChI=1S/C16H23ClN6O2/c1-23(2)7-5-6-18-15-10-19-22-16(21-15)20-12-9-13(24-3)11(17)8-14(12)25-4/h8-10H,5-7H2,1-4H3,(H2,18,20,21,22). The Bertz CT molecular complexity index is 698. The third-order valence-electron chi connectivity index (χ3n) is 3.37. The van der Waals surface area contributed by atoms with Gasteiger partial charge in [-0.15, -0.1) is 5.10 Å². The first-order chi connectivity index (χ1) is 12.0. The van der Waals surface area contributed by atoms with Gasteiger partial charge in [0, 0.05) is 18.7 Å². The summed E-state index contributed by atoms with van der Waals surface area (Å²) in [6.07, 6.45) is 2.59. The summed E-state index contributed by atoms with van der Waals surface area (Å²) in [5.41, 5.74) is 0.635. The van der Waals surface area contributed by atoms with Crippen molar-refractivity contribution in [2.75, 3.05) is 52.0 Å². The maximum Gasteiger partial charge on any atom is 0.249 e. The summed E-state index contributed by atoms with van der Waals surface area (Å²) in [6, 6.07) is 3.39. The molecule has 0 bridgehead atoms. The third kappa shape index (κ3) is 5.61. The van der Waals surface area contributed by atoms with Gasteiger partial charge < -0.3 is 25.0 Å². The molecule has 0 saturated carbocycles. The number of methoxy groups -OCH3 is 2. The Morgan fingerprint density at radius 2 is 1.92 bits per heavy atom. The van der Waals surface area contributed by atoms with Gasteiger partial charge in [0.05, 0.1) is 31.1 Å². The van der Waals surface area contributed by atoms with E-state index in [2.05, 4.69) is 30.7 Å². The van der Waals surface area contributed by atoms with Gasteiger partial charge in [0.25, 0.3) is 0 Å². The number of rotatable bonds is 9. The second-order valence-corrected chi connectivity index (χ2v) is 5.97. The molecule has 2 N–H and O–H groups in total. The first kappa shape index (κ1) is 19.0. The fraction of sp³-hybridized carbons (Fsp3) is 0.438. The van der Waals surface area contributed by atoms with E-state index in [0.717, 1.165) is 19.5 Å². The topological polar surface area (TPSA) is 84.4 Å². The Kier molecular flexibility index (Phi) is 7.03. The Labute approximate surface area is 152 Å². The summed E-state index contributed by atoms with van der Waals surface area (Å²) < 4.78 is 10.6. The van der Waals surface area contributed by atoms with Crippen LogP contribution in [0.4, 0.5) is 17.5 Å². The number of nitrogens with one attached hydrogen (secondary N) is 2. The summed E-state index contributed by atoms with van der Waals surface area (Å²) in [6.45, 7) is 1.80. The van der Waals surface area contributed by atoms with Crippen molar-refractivity contribution in [3.63, 3.8) is 0 Å². The minimum absolute atomic E-state index is 0.347. The van der Waals surface area contributed by atoms with E-state index in [9.17, 15) is 0 Å². The lowest BCUT2D eigenvalue weighted by molar-refractivity contribution is 0.405. The molecule has 2 rings (SSSR count). The molecule has 1 heterocycles. The Balaban J connectivity index is 2.09. The van der Waals surface area contributed by atoms with Gasteiger partial charge in [-0.05, 0) is 27.1 Å². The minimum atomic E-state index is 0.347. The molecule has 0 aliphatic rings. The van der Waals surface area contributed by atoms with E-state index in [0.29, 0.717) is 34.0 Å². The van der Waals surface area contributed by atoms with Crippen molar-refractivity contribution in [3.05, 3.63) is 23.4 Å². The zero-order chi connectivity index (χ0) is 18.2. The van der Waals surface area contributed by atoms with Gasteiger partial charge in [-0.2, -0.15) is 10.1 Å². The molecule has 8 nitrogen and oxygen atoms in total. The van der Waals surface area contributed by atoms with E-state index in [1.165, 1.54) is 0 Å². The van der Waals surface area contributed by atoms with Crippen LogP contribution in [0.2, 0.25) is 5.02 Å². The highest BCUT2D eigenvalue weighted by molar-refractivity contribution is 6.32. The van der Waals surface area contributed by atoms with Gasteiger partial charge in [0.1, 0.15) is 11.5 Å². The molecule has 136 valence electrons. The molecule has 0 spiro atoms. The van der Waals surface area contributed by atoms with Gasteiger partial charge in [0.15, 0.2) is 5.82 Å². The summed E-state index contributed by atoms with van der Waals surface area (Å²) in [5.74, 6) is 2.08. The van der Waals surface area contributed by atoms with Gasteiger partial charge in [-0.25, -0.2) is 0 Å². The number of anilines is 3. The number of aromatic nitrogens is 3. The normalized spacial score (nSPS) is 10.6. The SMILES string of the molecule is COc1cc(Nc2nncc(NCCCN(C)C)n2)c(OC)cc1Cl. The number of nitrogens with zero attached hydrogens (tertiary/aromatic N) is 4. The third-order valence-corrected chi connectivity index (χ3v) is 3.66. The molecule has 0 amide bonds. The predicted octanol–water partition coefficient (Wildman–Crippen LogP) is 2.65. The largest absolute Gasteiger partial charge is 0.495 e. The van der Waals surface area contributed by atoms with Gasteiger partial charge in [-0.3, -0.25) is 0 Å². The average molecular weight is 367 g/mol. The molecule has 9 heteroatoms. The van der Waals surface area contributed by atoms with Gasteiger partial charge in [0.2, 0.25) is 5.95 Å². The molecule has 0 fully saturated rings. The molecule has 0 unspecified atom stereocenters. The second-order valence-electron chi connectivity index (χ2n) is 5.56. The number of benzene rings is 1. The smallest absolute Gasteiger partial charge is 0.249 e. The lowest BCUT2D eigenvalue weighted by Crippen LogP contribution is -2.17. The van der Waals surface area contributed by atoms with Crippen LogP contribution >= 0.6 is 11.6 Å². The van der Waals surface area contributed by atoms with Crippen LogP contribution in [0.15, 0.2) is 18.3 Å². The van der Waals surface area contributed by atoms with Crippen molar-refractivity contribution in [1.82, 2.24) is 20.1 Å². The molecular weight excluding hydrogens is 344 g/mol. The maximum atomic E-state index is 6.11. The minimum Gasteiger partial charge on any atom is -0.495 e. The summed E-state index contributed by atoms with van der Waals surface area (Å²) in [5, 5.41) is 14.7. The number of hydrogen-bond acceptors (Lipinski definition) is 8. The number of halogens is 1. The molecule has 1 aromatic heterocycles. The Morgan fingerprint density at radius 3 is 2.60 bits per heavy atom. The van der Waals surface area contributed by atoms with E-state index in [1.54, 1.807) is 32.5 Å². The van der Waals surface area contributed by atoms with Crippen LogP contribution in [0.1, 0.15) is 6.42 Å². The lowest BCUT2D eigenvalue weighted by Gasteiger charge is -2.13. The van der Waals surface area contributed by atoms with Crippen molar-refractivity contribution in [1.29, 1.82) is 0 Å². The number of ether oxygens (including phenoxy) is 2. The van der Waals surface area contributed by atoms with Crippen molar-refractivity contribution >= 4 is 29.1 Å². The zero-order valence-electron chi connectivity index (χ0n) is 14.8. The number of hydrogen-bond donors (Lipinski definition) is 2. The monoisotopic (exact) mass is 366 g/mol. The van der Waals surface area contributed by atoms with E-state index < -0.39 is 0 Å². The van der Waals surface area contributed by atoms with E-state index in [-0.39, 0.29) is 0 Å².